The topological polar surface area (TPSA) is 42.3 Å². The van der Waals surface area contributed by atoms with Crippen LogP contribution < -0.4 is 5.32 Å². The van der Waals surface area contributed by atoms with Crippen LogP contribution in [0, 0.1) is 11.3 Å². The van der Waals surface area contributed by atoms with Gasteiger partial charge in [-0.3, -0.25) is 15.1 Å². The van der Waals surface area contributed by atoms with Gasteiger partial charge in [-0.1, -0.05) is 6.92 Å². The maximum absolute atomic E-state index is 12.3. The van der Waals surface area contributed by atoms with E-state index in [0.29, 0.717) is 32.6 Å². The highest BCUT2D eigenvalue weighted by atomic mass is 19.4. The second-order valence-corrected chi connectivity index (χ2v) is 5.95. The maximum atomic E-state index is 12.3. The average molecular weight is 306 g/mol. The van der Waals surface area contributed by atoms with Crippen LogP contribution in [0.1, 0.15) is 27.2 Å². The van der Waals surface area contributed by atoms with Gasteiger partial charge >= 0.3 is 6.18 Å². The lowest BCUT2D eigenvalue weighted by Crippen LogP contribution is -2.54. The first-order valence-corrected chi connectivity index (χ1v) is 7.38. The number of nitrogens with zero attached hydrogens (tertiary/aromatic N) is 3. The Hall–Kier alpha value is -0.840. The Morgan fingerprint density at radius 3 is 2.24 bits per heavy atom. The summed E-state index contributed by atoms with van der Waals surface area (Å²) in [6.07, 6.45) is -3.46. The van der Waals surface area contributed by atoms with Crippen molar-refractivity contribution in [3.63, 3.8) is 0 Å². The molecule has 4 nitrogen and oxygen atoms in total. The van der Waals surface area contributed by atoms with E-state index in [9.17, 15) is 18.4 Å². The molecule has 122 valence electrons. The van der Waals surface area contributed by atoms with E-state index < -0.39 is 18.3 Å². The van der Waals surface area contributed by atoms with Crippen LogP contribution in [0.4, 0.5) is 13.2 Å². The number of halogens is 3. The Bertz CT molecular complexity index is 358. The number of rotatable bonds is 6. The van der Waals surface area contributed by atoms with E-state index in [2.05, 4.69) is 16.3 Å². The Morgan fingerprint density at radius 2 is 1.81 bits per heavy atom. The Balaban J connectivity index is 2.45. The summed E-state index contributed by atoms with van der Waals surface area (Å²) < 4.78 is 37.0. The Kier molecular flexibility index (Phi) is 6.44. The van der Waals surface area contributed by atoms with E-state index in [1.54, 1.807) is 0 Å². The summed E-state index contributed by atoms with van der Waals surface area (Å²) in [6, 6.07) is 2.46. The fourth-order valence-electron chi connectivity index (χ4n) is 2.88. The van der Waals surface area contributed by atoms with Crippen molar-refractivity contribution in [2.75, 3.05) is 39.3 Å². The highest BCUT2D eigenvalue weighted by molar-refractivity contribution is 5.05. The molecule has 1 fully saturated rings. The molecule has 1 aliphatic rings. The molecule has 0 aromatic heterocycles. The number of nitrogens with one attached hydrogen (secondary N) is 1. The van der Waals surface area contributed by atoms with E-state index in [4.69, 9.17) is 0 Å². The van der Waals surface area contributed by atoms with Crippen LogP contribution in [0.5, 0.6) is 0 Å². The van der Waals surface area contributed by atoms with Crippen molar-refractivity contribution in [2.24, 2.45) is 0 Å². The van der Waals surface area contributed by atoms with Crippen molar-refractivity contribution < 1.29 is 13.2 Å². The molecule has 0 aromatic rings. The van der Waals surface area contributed by atoms with Crippen LogP contribution in [0.15, 0.2) is 0 Å². The summed E-state index contributed by atoms with van der Waals surface area (Å²) in [5.41, 5.74) is -0.586. The molecule has 7 heteroatoms. The molecule has 0 radical (unpaired) electrons. The molecule has 1 aliphatic heterocycles. The zero-order valence-corrected chi connectivity index (χ0v) is 13.0. The summed E-state index contributed by atoms with van der Waals surface area (Å²) in [4.78, 5) is 3.61. The smallest absolute Gasteiger partial charge is 0.300 e. The van der Waals surface area contributed by atoms with Crippen molar-refractivity contribution in [3.8, 4) is 6.07 Å². The molecule has 2 atom stereocenters. The number of alkyl halides is 3. The van der Waals surface area contributed by atoms with Gasteiger partial charge in [0.2, 0.25) is 0 Å². The molecule has 1 heterocycles. The number of hydrogen-bond acceptors (Lipinski definition) is 4. The third-order valence-electron chi connectivity index (χ3n) is 3.95. The lowest BCUT2D eigenvalue weighted by Gasteiger charge is -2.40. The monoisotopic (exact) mass is 306 g/mol. The summed E-state index contributed by atoms with van der Waals surface area (Å²) in [5.74, 6) is 0. The maximum Gasteiger partial charge on any atom is 0.401 e. The van der Waals surface area contributed by atoms with E-state index in [1.165, 1.54) is 4.90 Å². The zero-order valence-electron chi connectivity index (χ0n) is 13.0. The van der Waals surface area contributed by atoms with Gasteiger partial charge in [0.05, 0.1) is 12.6 Å². The van der Waals surface area contributed by atoms with Gasteiger partial charge in [-0.2, -0.15) is 18.4 Å². The minimum absolute atomic E-state index is 0.168. The quantitative estimate of drug-likeness (QED) is 0.813. The minimum Gasteiger partial charge on any atom is -0.300 e. The predicted octanol–water partition coefficient (Wildman–Crippen LogP) is 1.84. The second kappa shape index (κ2) is 7.43. The molecule has 0 bridgehead atoms. The molecule has 2 unspecified atom stereocenters. The van der Waals surface area contributed by atoms with Crippen LogP contribution in [0.25, 0.3) is 0 Å². The Morgan fingerprint density at radius 1 is 1.24 bits per heavy atom. The molecule has 1 rings (SSSR count). The van der Waals surface area contributed by atoms with Gasteiger partial charge in [-0.15, -0.1) is 0 Å². The van der Waals surface area contributed by atoms with Gasteiger partial charge in [-0.05, 0) is 26.8 Å². The van der Waals surface area contributed by atoms with Gasteiger partial charge < -0.3 is 0 Å². The van der Waals surface area contributed by atoms with Crippen molar-refractivity contribution in [3.05, 3.63) is 0 Å². The molecular weight excluding hydrogens is 281 g/mol. The van der Waals surface area contributed by atoms with Crippen molar-refractivity contribution in [1.82, 2.24) is 15.1 Å². The molecule has 1 saturated heterocycles. The lowest BCUT2D eigenvalue weighted by atomic mass is 9.94. The number of hydrogen-bond donors (Lipinski definition) is 1. The van der Waals surface area contributed by atoms with E-state index in [-0.39, 0.29) is 6.04 Å². The van der Waals surface area contributed by atoms with Crippen LogP contribution in [-0.4, -0.2) is 66.8 Å². The van der Waals surface area contributed by atoms with Crippen LogP contribution in [-0.2, 0) is 0 Å². The first-order valence-electron chi connectivity index (χ1n) is 7.38. The normalized spacial score (nSPS) is 22.5. The Labute approximate surface area is 124 Å². The largest absolute Gasteiger partial charge is 0.401 e. The fraction of sp³-hybridized carbons (Fsp3) is 0.929. The molecule has 0 saturated carbocycles. The standard InChI is InChI=1S/C14H25F3N4/c1-4-19-13(3,10-18)9-12(2)21-7-5-20(6-8-21)11-14(15,16)17/h12,19H,4-9,11H2,1-3H3. The van der Waals surface area contributed by atoms with Gasteiger partial charge in [-0.25, -0.2) is 0 Å². The summed E-state index contributed by atoms with van der Waals surface area (Å²) >= 11 is 0. The van der Waals surface area contributed by atoms with Crippen LogP contribution in [0.3, 0.4) is 0 Å². The average Bonchev–Trinajstić information content (AvgIpc) is 2.37. The summed E-state index contributed by atoms with van der Waals surface area (Å²) in [7, 11) is 0. The lowest BCUT2D eigenvalue weighted by molar-refractivity contribution is -0.149. The molecule has 0 spiro atoms. The first-order chi connectivity index (χ1) is 9.69. The third-order valence-corrected chi connectivity index (χ3v) is 3.95. The van der Waals surface area contributed by atoms with Crippen molar-refractivity contribution in [2.45, 2.75) is 44.9 Å². The van der Waals surface area contributed by atoms with Crippen LogP contribution in [0.2, 0.25) is 0 Å². The highest BCUT2D eigenvalue weighted by Crippen LogP contribution is 2.20. The van der Waals surface area contributed by atoms with Crippen molar-refractivity contribution in [1.29, 1.82) is 5.26 Å². The molecule has 0 aliphatic carbocycles. The number of nitriles is 1. The molecule has 0 amide bonds. The minimum atomic E-state index is -4.13. The van der Waals surface area contributed by atoms with Crippen molar-refractivity contribution >= 4 is 0 Å². The summed E-state index contributed by atoms with van der Waals surface area (Å²) in [5, 5.41) is 12.4. The fourth-order valence-corrected chi connectivity index (χ4v) is 2.88. The molecular formula is C14H25F3N4. The third kappa shape index (κ3) is 6.20. The van der Waals surface area contributed by atoms with Crippen LogP contribution >= 0.6 is 0 Å². The zero-order chi connectivity index (χ0) is 16.1. The van der Waals surface area contributed by atoms with Gasteiger partial charge in [0, 0.05) is 32.2 Å². The van der Waals surface area contributed by atoms with Gasteiger partial charge in [0.25, 0.3) is 0 Å². The molecule has 21 heavy (non-hydrogen) atoms. The SMILES string of the molecule is CCNC(C)(C#N)CC(C)N1CCN(CC(F)(F)F)CC1. The molecule has 0 aromatic carbocycles. The number of piperazine rings is 1. The molecule has 1 N–H and O–H groups in total. The second-order valence-electron chi connectivity index (χ2n) is 5.95. The summed E-state index contributed by atoms with van der Waals surface area (Å²) in [6.45, 7) is 7.83. The highest BCUT2D eigenvalue weighted by Gasteiger charge is 2.34. The van der Waals surface area contributed by atoms with Gasteiger partial charge in [0.15, 0.2) is 0 Å². The van der Waals surface area contributed by atoms with Gasteiger partial charge in [0.1, 0.15) is 5.54 Å². The predicted molar refractivity (Wildman–Crippen MR) is 75.8 cm³/mol. The van der Waals surface area contributed by atoms with E-state index >= 15 is 0 Å². The first kappa shape index (κ1) is 18.2. The van der Waals surface area contributed by atoms with E-state index in [0.717, 1.165) is 6.54 Å². The van der Waals surface area contributed by atoms with E-state index in [1.807, 2.05) is 20.8 Å².